The molecule has 0 atom stereocenters. The summed E-state index contributed by atoms with van der Waals surface area (Å²) in [5.74, 6) is 1.11. The Morgan fingerprint density at radius 2 is 2.10 bits per heavy atom. The summed E-state index contributed by atoms with van der Waals surface area (Å²) in [7, 11) is 0. The fourth-order valence-corrected chi connectivity index (χ4v) is 3.18. The molecule has 1 fully saturated rings. The van der Waals surface area contributed by atoms with E-state index in [1.165, 1.54) is 23.6 Å². The first-order chi connectivity index (χ1) is 9.59. The minimum absolute atomic E-state index is 0.361. The van der Waals surface area contributed by atoms with Crippen LogP contribution in [0.3, 0.4) is 0 Å². The molecule has 0 spiro atoms. The van der Waals surface area contributed by atoms with Gasteiger partial charge in [-0.1, -0.05) is 38.1 Å². The highest BCUT2D eigenvalue weighted by Gasteiger charge is 2.28. The standard InChI is InChI=1S/C17H23N3/c1-17(2)8-5-9-20(12-17)16-15-7-4-3-6-13(15)10-14(11-18)19-16/h3-4,6-7,10H,5,8-9,11-12,18H2,1-2H3. The fourth-order valence-electron chi connectivity index (χ4n) is 3.18. The predicted molar refractivity (Wildman–Crippen MR) is 84.9 cm³/mol. The molecule has 2 aromatic rings. The van der Waals surface area contributed by atoms with Crippen molar-refractivity contribution in [2.24, 2.45) is 11.1 Å². The van der Waals surface area contributed by atoms with Crippen LogP contribution < -0.4 is 10.6 Å². The number of piperidine rings is 1. The minimum Gasteiger partial charge on any atom is -0.356 e. The van der Waals surface area contributed by atoms with Gasteiger partial charge in [0.1, 0.15) is 5.82 Å². The average molecular weight is 269 g/mol. The van der Waals surface area contributed by atoms with Gasteiger partial charge in [0.15, 0.2) is 0 Å². The van der Waals surface area contributed by atoms with Crippen LogP contribution in [0.15, 0.2) is 30.3 Å². The maximum Gasteiger partial charge on any atom is 0.136 e. The van der Waals surface area contributed by atoms with E-state index in [4.69, 9.17) is 10.7 Å². The van der Waals surface area contributed by atoms with Crippen LogP contribution in [0.1, 0.15) is 32.4 Å². The van der Waals surface area contributed by atoms with E-state index in [-0.39, 0.29) is 0 Å². The van der Waals surface area contributed by atoms with Crippen molar-refractivity contribution in [3.05, 3.63) is 36.0 Å². The lowest BCUT2D eigenvalue weighted by Gasteiger charge is -2.39. The second-order valence-electron chi connectivity index (χ2n) is 6.55. The van der Waals surface area contributed by atoms with E-state index in [2.05, 4.69) is 49.1 Å². The lowest BCUT2D eigenvalue weighted by atomic mass is 9.84. The zero-order valence-corrected chi connectivity index (χ0v) is 12.4. The van der Waals surface area contributed by atoms with Gasteiger partial charge in [0, 0.05) is 25.0 Å². The van der Waals surface area contributed by atoms with E-state index in [1.54, 1.807) is 0 Å². The van der Waals surface area contributed by atoms with E-state index in [1.807, 2.05) is 0 Å². The maximum absolute atomic E-state index is 5.81. The Balaban J connectivity index is 2.09. The molecule has 3 heteroatoms. The number of hydrogen-bond donors (Lipinski definition) is 1. The van der Waals surface area contributed by atoms with Crippen LogP contribution in [0.2, 0.25) is 0 Å². The number of anilines is 1. The highest BCUT2D eigenvalue weighted by molar-refractivity contribution is 5.92. The number of nitrogens with zero attached hydrogens (tertiary/aromatic N) is 2. The summed E-state index contributed by atoms with van der Waals surface area (Å²) < 4.78 is 0. The van der Waals surface area contributed by atoms with Crippen LogP contribution in [-0.4, -0.2) is 18.1 Å². The number of rotatable bonds is 2. The third-order valence-corrected chi connectivity index (χ3v) is 4.18. The van der Waals surface area contributed by atoms with Gasteiger partial charge >= 0.3 is 0 Å². The molecule has 20 heavy (non-hydrogen) atoms. The van der Waals surface area contributed by atoms with Gasteiger partial charge in [-0.2, -0.15) is 0 Å². The van der Waals surface area contributed by atoms with Crippen LogP contribution >= 0.6 is 0 Å². The summed E-state index contributed by atoms with van der Waals surface area (Å²) in [5.41, 5.74) is 7.15. The Hall–Kier alpha value is -1.61. The summed E-state index contributed by atoms with van der Waals surface area (Å²) in [5, 5.41) is 2.48. The molecule has 1 aromatic heterocycles. The van der Waals surface area contributed by atoms with Crippen molar-refractivity contribution in [1.29, 1.82) is 0 Å². The molecule has 1 saturated heterocycles. The molecule has 1 aliphatic rings. The summed E-state index contributed by atoms with van der Waals surface area (Å²) >= 11 is 0. The largest absolute Gasteiger partial charge is 0.356 e. The Morgan fingerprint density at radius 1 is 1.30 bits per heavy atom. The van der Waals surface area contributed by atoms with Crippen LogP contribution in [0.25, 0.3) is 10.8 Å². The van der Waals surface area contributed by atoms with Crippen molar-refractivity contribution in [3.63, 3.8) is 0 Å². The maximum atomic E-state index is 5.81. The number of nitrogens with two attached hydrogens (primary N) is 1. The molecule has 1 aliphatic heterocycles. The highest BCUT2D eigenvalue weighted by atomic mass is 15.2. The predicted octanol–water partition coefficient (Wildman–Crippen LogP) is 3.32. The third-order valence-electron chi connectivity index (χ3n) is 4.18. The number of hydrogen-bond acceptors (Lipinski definition) is 3. The molecule has 0 unspecified atom stereocenters. The number of fused-ring (bicyclic) bond motifs is 1. The summed E-state index contributed by atoms with van der Waals surface area (Å²) in [6, 6.07) is 10.6. The van der Waals surface area contributed by atoms with E-state index in [0.717, 1.165) is 24.6 Å². The van der Waals surface area contributed by atoms with Crippen molar-refractivity contribution in [2.75, 3.05) is 18.0 Å². The Labute approximate surface area is 120 Å². The number of pyridine rings is 1. The van der Waals surface area contributed by atoms with Gasteiger partial charge in [-0.3, -0.25) is 0 Å². The van der Waals surface area contributed by atoms with Crippen LogP contribution in [-0.2, 0) is 6.54 Å². The Bertz CT molecular complexity index is 619. The van der Waals surface area contributed by atoms with E-state index in [9.17, 15) is 0 Å². The molecule has 106 valence electrons. The van der Waals surface area contributed by atoms with Crippen molar-refractivity contribution in [1.82, 2.24) is 4.98 Å². The van der Waals surface area contributed by atoms with Crippen molar-refractivity contribution in [2.45, 2.75) is 33.2 Å². The van der Waals surface area contributed by atoms with Gasteiger partial charge in [-0.05, 0) is 29.7 Å². The second-order valence-corrected chi connectivity index (χ2v) is 6.55. The zero-order chi connectivity index (χ0) is 14.2. The second kappa shape index (κ2) is 5.06. The summed E-state index contributed by atoms with van der Waals surface area (Å²) in [6.45, 7) is 7.34. The van der Waals surface area contributed by atoms with Crippen molar-refractivity contribution < 1.29 is 0 Å². The van der Waals surface area contributed by atoms with Crippen molar-refractivity contribution in [3.8, 4) is 0 Å². The van der Waals surface area contributed by atoms with Crippen molar-refractivity contribution >= 4 is 16.6 Å². The Morgan fingerprint density at radius 3 is 2.85 bits per heavy atom. The van der Waals surface area contributed by atoms with Crippen LogP contribution in [0.4, 0.5) is 5.82 Å². The summed E-state index contributed by atoms with van der Waals surface area (Å²) in [4.78, 5) is 7.25. The first-order valence-electron chi connectivity index (χ1n) is 7.43. The normalized spacial score (nSPS) is 18.4. The van der Waals surface area contributed by atoms with Gasteiger partial charge in [0.25, 0.3) is 0 Å². The lowest BCUT2D eigenvalue weighted by molar-refractivity contribution is 0.292. The number of benzene rings is 1. The van der Waals surface area contributed by atoms with Gasteiger partial charge in [0.2, 0.25) is 0 Å². The van der Waals surface area contributed by atoms with Gasteiger partial charge < -0.3 is 10.6 Å². The molecule has 3 nitrogen and oxygen atoms in total. The molecule has 0 amide bonds. The minimum atomic E-state index is 0.361. The molecule has 0 saturated carbocycles. The SMILES string of the molecule is CC1(C)CCCN(c2nc(CN)cc3ccccc23)C1. The van der Waals surface area contributed by atoms with E-state index < -0.39 is 0 Å². The molecule has 0 radical (unpaired) electrons. The topological polar surface area (TPSA) is 42.2 Å². The van der Waals surface area contributed by atoms with Gasteiger partial charge in [0.05, 0.1) is 5.69 Å². The van der Waals surface area contributed by atoms with Crippen LogP contribution in [0, 0.1) is 5.41 Å². The van der Waals surface area contributed by atoms with Crippen LogP contribution in [0.5, 0.6) is 0 Å². The smallest absolute Gasteiger partial charge is 0.136 e. The highest BCUT2D eigenvalue weighted by Crippen LogP contribution is 2.34. The van der Waals surface area contributed by atoms with Gasteiger partial charge in [-0.25, -0.2) is 4.98 Å². The zero-order valence-electron chi connectivity index (χ0n) is 12.4. The van der Waals surface area contributed by atoms with E-state index in [0.29, 0.717) is 12.0 Å². The third kappa shape index (κ3) is 2.50. The number of aromatic nitrogens is 1. The van der Waals surface area contributed by atoms with Gasteiger partial charge in [-0.15, -0.1) is 0 Å². The molecule has 1 aromatic carbocycles. The molecule has 0 bridgehead atoms. The molecule has 3 rings (SSSR count). The van der Waals surface area contributed by atoms with E-state index >= 15 is 0 Å². The molecular formula is C17H23N3. The first kappa shape index (κ1) is 13.4. The fraction of sp³-hybridized carbons (Fsp3) is 0.471. The molecule has 0 aliphatic carbocycles. The summed E-state index contributed by atoms with van der Waals surface area (Å²) in [6.07, 6.45) is 2.52. The first-order valence-corrected chi connectivity index (χ1v) is 7.43. The molecule has 2 heterocycles. The molecular weight excluding hydrogens is 246 g/mol. The monoisotopic (exact) mass is 269 g/mol. The Kier molecular flexibility index (Phi) is 3.38. The lowest BCUT2D eigenvalue weighted by Crippen LogP contribution is -2.40. The average Bonchev–Trinajstić information content (AvgIpc) is 2.45. The quantitative estimate of drug-likeness (QED) is 0.909. The molecule has 2 N–H and O–H groups in total.